The number of hydrogen-bond acceptors (Lipinski definition) is 4. The summed E-state index contributed by atoms with van der Waals surface area (Å²) < 4.78 is 0. The van der Waals surface area contributed by atoms with E-state index in [1.165, 1.54) is 6.92 Å². The van der Waals surface area contributed by atoms with E-state index < -0.39 is 0 Å². The fourth-order valence-corrected chi connectivity index (χ4v) is 2.24. The number of carbonyl (C=O) groups is 2. The monoisotopic (exact) mass is 299 g/mol. The molecule has 2 atom stereocenters. The average Bonchev–Trinajstić information content (AvgIpc) is 2.45. The van der Waals surface area contributed by atoms with Crippen LogP contribution in [0.2, 0.25) is 0 Å². The van der Waals surface area contributed by atoms with Gasteiger partial charge in [0.2, 0.25) is 5.91 Å². The van der Waals surface area contributed by atoms with Crippen LogP contribution in [0.15, 0.2) is 0 Å². The maximum Gasteiger partial charge on any atom is 0.223 e. The highest BCUT2D eigenvalue weighted by atomic mass is 16.2. The second-order valence-electron chi connectivity index (χ2n) is 5.81. The molecule has 0 aliphatic heterocycles. The van der Waals surface area contributed by atoms with Gasteiger partial charge in [0.25, 0.3) is 0 Å². The number of hydrogen-bond donors (Lipinski definition) is 3. The van der Waals surface area contributed by atoms with E-state index in [2.05, 4.69) is 10.6 Å². The summed E-state index contributed by atoms with van der Waals surface area (Å²) >= 11 is 0. The van der Waals surface area contributed by atoms with Gasteiger partial charge in [0.05, 0.1) is 6.04 Å². The smallest absolute Gasteiger partial charge is 0.223 e. The Kier molecular flexibility index (Phi) is 12.2. The van der Waals surface area contributed by atoms with E-state index in [1.807, 2.05) is 14.0 Å². The predicted molar refractivity (Wildman–Crippen MR) is 87.1 cm³/mol. The van der Waals surface area contributed by atoms with Crippen LogP contribution in [0.3, 0.4) is 0 Å². The molecule has 124 valence electrons. The molecule has 5 heteroatoms. The lowest BCUT2D eigenvalue weighted by Crippen LogP contribution is -2.42. The molecule has 0 rings (SSSR count). The fourth-order valence-electron chi connectivity index (χ4n) is 2.24. The van der Waals surface area contributed by atoms with Crippen molar-refractivity contribution in [2.45, 2.75) is 64.8 Å². The standard InChI is InChI=1S/C16H33N3O2/c1-13(9-5-4-8-12-18-3)16(21)19-15(14(2)20)10-6-7-11-17/h13,15,18H,4-12,17H2,1-3H3,(H,19,21)/t13-,15-/m1/s1. The lowest BCUT2D eigenvalue weighted by Gasteiger charge is -2.19. The van der Waals surface area contributed by atoms with Gasteiger partial charge in [-0.05, 0) is 59.2 Å². The van der Waals surface area contributed by atoms with Gasteiger partial charge < -0.3 is 16.4 Å². The zero-order chi connectivity index (χ0) is 16.1. The van der Waals surface area contributed by atoms with Crippen LogP contribution in [0.25, 0.3) is 0 Å². The molecule has 0 aliphatic rings. The number of rotatable bonds is 13. The second kappa shape index (κ2) is 12.8. The average molecular weight is 299 g/mol. The predicted octanol–water partition coefficient (Wildman–Crippen LogP) is 1.61. The summed E-state index contributed by atoms with van der Waals surface area (Å²) in [6.45, 7) is 5.12. The quantitative estimate of drug-likeness (QED) is 0.451. The van der Waals surface area contributed by atoms with Crippen LogP contribution in [-0.4, -0.2) is 37.9 Å². The van der Waals surface area contributed by atoms with Crippen molar-refractivity contribution in [1.82, 2.24) is 10.6 Å². The third kappa shape index (κ3) is 10.4. The van der Waals surface area contributed by atoms with Crippen LogP contribution in [0, 0.1) is 5.92 Å². The SMILES string of the molecule is CNCCCCC[C@@H](C)C(=O)N[C@H](CCCCN)C(C)=O. The summed E-state index contributed by atoms with van der Waals surface area (Å²) in [6.07, 6.45) is 6.65. The lowest BCUT2D eigenvalue weighted by molar-refractivity contribution is -0.129. The molecule has 4 N–H and O–H groups in total. The molecule has 0 aromatic rings. The van der Waals surface area contributed by atoms with Gasteiger partial charge in [-0.1, -0.05) is 19.8 Å². The number of nitrogens with one attached hydrogen (secondary N) is 2. The van der Waals surface area contributed by atoms with Gasteiger partial charge in [0.15, 0.2) is 5.78 Å². The highest BCUT2D eigenvalue weighted by Crippen LogP contribution is 2.11. The minimum Gasteiger partial charge on any atom is -0.346 e. The molecular formula is C16H33N3O2. The third-order valence-electron chi connectivity index (χ3n) is 3.77. The molecule has 0 unspecified atom stereocenters. The van der Waals surface area contributed by atoms with E-state index in [9.17, 15) is 9.59 Å². The molecule has 0 aromatic carbocycles. The van der Waals surface area contributed by atoms with Gasteiger partial charge in [0, 0.05) is 5.92 Å². The van der Waals surface area contributed by atoms with Crippen LogP contribution in [0.5, 0.6) is 0 Å². The first kappa shape index (κ1) is 20.1. The van der Waals surface area contributed by atoms with Crippen molar-refractivity contribution in [3.05, 3.63) is 0 Å². The van der Waals surface area contributed by atoms with Gasteiger partial charge >= 0.3 is 0 Å². The van der Waals surface area contributed by atoms with Crippen molar-refractivity contribution in [2.75, 3.05) is 20.1 Å². The van der Waals surface area contributed by atoms with Crippen molar-refractivity contribution in [3.63, 3.8) is 0 Å². The van der Waals surface area contributed by atoms with Crippen molar-refractivity contribution in [3.8, 4) is 0 Å². The number of amides is 1. The maximum atomic E-state index is 12.1. The summed E-state index contributed by atoms with van der Waals surface area (Å²) in [4.78, 5) is 23.7. The van der Waals surface area contributed by atoms with Gasteiger partial charge in [0.1, 0.15) is 0 Å². The highest BCUT2D eigenvalue weighted by molar-refractivity contribution is 5.88. The summed E-state index contributed by atoms with van der Waals surface area (Å²) in [5.74, 6) is -0.00546. The largest absolute Gasteiger partial charge is 0.346 e. The summed E-state index contributed by atoms with van der Waals surface area (Å²) in [7, 11) is 1.95. The van der Waals surface area contributed by atoms with Gasteiger partial charge in [-0.25, -0.2) is 0 Å². The normalized spacial score (nSPS) is 13.7. The Morgan fingerprint density at radius 1 is 1.05 bits per heavy atom. The fraction of sp³-hybridized carbons (Fsp3) is 0.875. The molecule has 0 saturated carbocycles. The van der Waals surface area contributed by atoms with E-state index in [1.54, 1.807) is 0 Å². The summed E-state index contributed by atoms with van der Waals surface area (Å²) in [5, 5.41) is 6.00. The van der Waals surface area contributed by atoms with Crippen LogP contribution in [0.4, 0.5) is 0 Å². The van der Waals surface area contributed by atoms with Crippen LogP contribution >= 0.6 is 0 Å². The van der Waals surface area contributed by atoms with E-state index in [0.29, 0.717) is 13.0 Å². The molecule has 0 heterocycles. The van der Waals surface area contributed by atoms with Crippen LogP contribution in [0.1, 0.15) is 58.8 Å². The van der Waals surface area contributed by atoms with E-state index >= 15 is 0 Å². The van der Waals surface area contributed by atoms with Gasteiger partial charge in [-0.15, -0.1) is 0 Å². The molecule has 0 fully saturated rings. The van der Waals surface area contributed by atoms with Gasteiger partial charge in [-0.2, -0.15) is 0 Å². The van der Waals surface area contributed by atoms with E-state index in [0.717, 1.165) is 45.1 Å². The van der Waals surface area contributed by atoms with Crippen molar-refractivity contribution in [1.29, 1.82) is 0 Å². The first-order valence-electron chi connectivity index (χ1n) is 8.18. The van der Waals surface area contributed by atoms with E-state index in [4.69, 9.17) is 5.73 Å². The minimum absolute atomic E-state index is 0.00318. The number of unbranched alkanes of at least 4 members (excludes halogenated alkanes) is 3. The molecule has 0 aromatic heterocycles. The molecule has 0 spiro atoms. The zero-order valence-corrected chi connectivity index (χ0v) is 13.9. The zero-order valence-electron chi connectivity index (χ0n) is 13.9. The topological polar surface area (TPSA) is 84.2 Å². The Morgan fingerprint density at radius 3 is 2.29 bits per heavy atom. The Labute approximate surface area is 129 Å². The van der Waals surface area contributed by atoms with Crippen molar-refractivity contribution < 1.29 is 9.59 Å². The molecular weight excluding hydrogens is 266 g/mol. The van der Waals surface area contributed by atoms with Crippen LogP contribution < -0.4 is 16.4 Å². The molecule has 0 bridgehead atoms. The molecule has 1 amide bonds. The molecule has 0 saturated heterocycles. The summed E-state index contributed by atoms with van der Waals surface area (Å²) in [6, 6.07) is -0.351. The van der Waals surface area contributed by atoms with Crippen molar-refractivity contribution >= 4 is 11.7 Å². The Bertz CT molecular complexity index is 295. The first-order valence-corrected chi connectivity index (χ1v) is 8.18. The summed E-state index contributed by atoms with van der Waals surface area (Å²) in [5.41, 5.74) is 5.45. The Hall–Kier alpha value is -0.940. The third-order valence-corrected chi connectivity index (χ3v) is 3.77. The molecule has 5 nitrogen and oxygen atoms in total. The first-order chi connectivity index (χ1) is 10.0. The van der Waals surface area contributed by atoms with E-state index in [-0.39, 0.29) is 23.7 Å². The number of carbonyl (C=O) groups excluding carboxylic acids is 2. The lowest BCUT2D eigenvalue weighted by atomic mass is 10.00. The molecule has 0 radical (unpaired) electrons. The van der Waals surface area contributed by atoms with Gasteiger partial charge in [-0.3, -0.25) is 9.59 Å². The second-order valence-corrected chi connectivity index (χ2v) is 5.81. The van der Waals surface area contributed by atoms with Crippen LogP contribution in [-0.2, 0) is 9.59 Å². The highest BCUT2D eigenvalue weighted by Gasteiger charge is 2.20. The maximum absolute atomic E-state index is 12.1. The number of Topliss-reactive ketones (excluding diaryl/α,β-unsaturated/α-hetero) is 1. The molecule has 21 heavy (non-hydrogen) atoms. The molecule has 0 aliphatic carbocycles. The Morgan fingerprint density at radius 2 is 1.71 bits per heavy atom. The Balaban J connectivity index is 4.01. The minimum atomic E-state index is -0.351. The number of nitrogens with two attached hydrogens (primary N) is 1. The van der Waals surface area contributed by atoms with Crippen molar-refractivity contribution in [2.24, 2.45) is 11.7 Å². The number of ketones is 1.